The zero-order valence-corrected chi connectivity index (χ0v) is 57.0. The van der Waals surface area contributed by atoms with Gasteiger partial charge in [0, 0.05) is 25.7 Å². The van der Waals surface area contributed by atoms with E-state index in [1.807, 2.05) is 0 Å². The molecule has 0 heterocycles. The van der Waals surface area contributed by atoms with Gasteiger partial charge in [-0.15, -0.1) is 0 Å². The Bertz CT molecular complexity index is 1790. The largest absolute Gasteiger partial charge is 0.472 e. The smallest absolute Gasteiger partial charge is 0.462 e. The van der Waals surface area contributed by atoms with Crippen LogP contribution in [0.1, 0.15) is 305 Å². The lowest BCUT2D eigenvalue weighted by molar-refractivity contribution is -0.161. The third-order valence-electron chi connectivity index (χ3n) is 14.8. The first-order valence-corrected chi connectivity index (χ1v) is 37.2. The van der Waals surface area contributed by atoms with Crippen molar-refractivity contribution in [3.63, 3.8) is 0 Å². The van der Waals surface area contributed by atoms with Gasteiger partial charge in [-0.2, -0.15) is 0 Å². The predicted molar refractivity (Wildman–Crippen MR) is 344 cm³/mol. The Kier molecular flexibility index (Phi) is 56.0. The molecule has 0 spiro atoms. The van der Waals surface area contributed by atoms with Gasteiger partial charge in [0.05, 0.1) is 26.4 Å². The first-order valence-electron chi connectivity index (χ1n) is 34.2. The number of allylic oxidation sites excluding steroid dienone is 4. The first kappa shape index (κ1) is 83.5. The molecule has 0 aromatic carbocycles. The van der Waals surface area contributed by atoms with Gasteiger partial charge in [-0.05, 0) is 69.1 Å². The van der Waals surface area contributed by atoms with Gasteiger partial charge in [0.25, 0.3) is 0 Å². The molecule has 3 unspecified atom stereocenters. The van der Waals surface area contributed by atoms with Crippen molar-refractivity contribution >= 4 is 39.5 Å². The van der Waals surface area contributed by atoms with E-state index in [0.717, 1.165) is 115 Å². The number of aliphatic hydroxyl groups excluding tert-OH is 1. The number of phosphoric ester groups is 2. The summed E-state index contributed by atoms with van der Waals surface area (Å²) < 4.78 is 68.0. The van der Waals surface area contributed by atoms with Gasteiger partial charge in [0.1, 0.15) is 19.3 Å². The van der Waals surface area contributed by atoms with Crippen molar-refractivity contribution in [2.45, 2.75) is 324 Å². The van der Waals surface area contributed by atoms with Crippen molar-refractivity contribution in [3.05, 3.63) is 24.3 Å². The maximum Gasteiger partial charge on any atom is 0.472 e. The maximum absolute atomic E-state index is 13.0. The summed E-state index contributed by atoms with van der Waals surface area (Å²) in [6.07, 6.45) is 42.8. The molecule has 0 bridgehead atoms. The molecule has 3 N–H and O–H groups in total. The van der Waals surface area contributed by atoms with E-state index in [1.54, 1.807) is 0 Å². The van der Waals surface area contributed by atoms with Crippen molar-refractivity contribution in [1.29, 1.82) is 0 Å². The van der Waals surface area contributed by atoms with Crippen LogP contribution in [0.15, 0.2) is 24.3 Å². The van der Waals surface area contributed by atoms with Crippen molar-refractivity contribution in [3.8, 4) is 0 Å². The Morgan fingerprint density at radius 3 is 0.942 bits per heavy atom. The summed E-state index contributed by atoms with van der Waals surface area (Å²) in [6.45, 7) is 11.6. The summed E-state index contributed by atoms with van der Waals surface area (Å²) in [5.41, 5.74) is 0. The van der Waals surface area contributed by atoms with Gasteiger partial charge in [0.2, 0.25) is 0 Å². The van der Waals surface area contributed by atoms with E-state index < -0.39 is 97.5 Å². The summed E-state index contributed by atoms with van der Waals surface area (Å²) in [5.74, 6) is -0.0607. The summed E-state index contributed by atoms with van der Waals surface area (Å²) in [7, 11) is -9.90. The average Bonchev–Trinajstić information content (AvgIpc) is 3.66. The molecule has 0 aliphatic rings. The number of carbonyl (C=O) groups excluding carboxylic acids is 4. The van der Waals surface area contributed by atoms with Crippen molar-refractivity contribution in [1.82, 2.24) is 0 Å². The fourth-order valence-corrected chi connectivity index (χ4v) is 11.0. The molecule has 17 nitrogen and oxygen atoms in total. The average molecular weight is 1270 g/mol. The fraction of sp³-hybridized carbons (Fsp3) is 0.881. The molecule has 0 aliphatic carbocycles. The van der Waals surface area contributed by atoms with E-state index in [9.17, 15) is 43.2 Å². The highest BCUT2D eigenvalue weighted by atomic mass is 31.2. The molecule has 0 amide bonds. The Balaban J connectivity index is 5.26. The Hall–Kier alpha value is -2.46. The Labute approximate surface area is 522 Å². The monoisotopic (exact) mass is 1260 g/mol. The normalized spacial score (nSPS) is 14.5. The molecule has 0 aliphatic heterocycles. The summed E-state index contributed by atoms with van der Waals surface area (Å²) in [5, 5.41) is 10.5. The highest BCUT2D eigenvalue weighted by Crippen LogP contribution is 2.45. The van der Waals surface area contributed by atoms with Crippen LogP contribution >= 0.6 is 15.6 Å². The molecule has 5 atom stereocenters. The first-order chi connectivity index (χ1) is 41.2. The lowest BCUT2D eigenvalue weighted by Crippen LogP contribution is -2.30. The molecule has 0 saturated heterocycles. The Morgan fingerprint density at radius 2 is 0.628 bits per heavy atom. The number of carbonyl (C=O) groups is 4. The quantitative estimate of drug-likeness (QED) is 0.0169. The second kappa shape index (κ2) is 57.7. The van der Waals surface area contributed by atoms with E-state index in [0.29, 0.717) is 37.5 Å². The highest BCUT2D eigenvalue weighted by molar-refractivity contribution is 7.47. The van der Waals surface area contributed by atoms with Gasteiger partial charge in [0.15, 0.2) is 12.2 Å². The molecule has 0 fully saturated rings. The van der Waals surface area contributed by atoms with Crippen molar-refractivity contribution in [2.24, 2.45) is 17.8 Å². The summed E-state index contributed by atoms with van der Waals surface area (Å²) >= 11 is 0. The van der Waals surface area contributed by atoms with Crippen LogP contribution in [0.25, 0.3) is 0 Å². The number of unbranched alkanes of at least 4 members (excludes halogenated alkanes) is 28. The van der Waals surface area contributed by atoms with Gasteiger partial charge in [-0.25, -0.2) is 9.13 Å². The number of aliphatic hydroxyl groups is 1. The van der Waals surface area contributed by atoms with Crippen molar-refractivity contribution < 1.29 is 80.2 Å². The topological polar surface area (TPSA) is 237 Å². The summed E-state index contributed by atoms with van der Waals surface area (Å²) in [4.78, 5) is 72.3. The number of hydrogen-bond donors (Lipinski definition) is 3. The molecule has 86 heavy (non-hydrogen) atoms. The van der Waals surface area contributed by atoms with Crippen LogP contribution in [0.2, 0.25) is 0 Å². The fourth-order valence-electron chi connectivity index (χ4n) is 9.47. The maximum atomic E-state index is 13.0. The standard InChI is InChI=1S/C67H126O17P2/c1-8-9-10-11-12-13-14-15-16-17-18-19-26-34-41-48-64(69)77-54-62(83-66(71)50-43-36-28-23-21-25-32-39-46-59(4)5)56-81-85(73,74)79-52-61(68)53-80-86(75,76)82-57-63(84-67(72)51-44-37-30-29-33-40-47-60(6)7)55-78-65(70)49-42-35-27-22-20-24-31-38-45-58(2)3/h13-16,58-63,68H,8-12,17-57H2,1-7H3,(H,73,74)(H,75,76)/b14-13-,16-15-/t61?,62-,63-/m1/s1. The van der Waals surface area contributed by atoms with E-state index in [1.165, 1.54) is 96.3 Å². The highest BCUT2D eigenvalue weighted by Gasteiger charge is 2.30. The zero-order valence-electron chi connectivity index (χ0n) is 55.3. The van der Waals surface area contributed by atoms with Gasteiger partial charge in [-0.1, -0.05) is 253 Å². The third kappa shape index (κ3) is 60.5. The van der Waals surface area contributed by atoms with Crippen LogP contribution in [0.3, 0.4) is 0 Å². The van der Waals surface area contributed by atoms with Crippen LogP contribution in [0.5, 0.6) is 0 Å². The molecule has 0 radical (unpaired) electrons. The van der Waals surface area contributed by atoms with Crippen LogP contribution < -0.4 is 0 Å². The lowest BCUT2D eigenvalue weighted by atomic mass is 10.0. The number of ether oxygens (including phenoxy) is 4. The third-order valence-corrected chi connectivity index (χ3v) is 16.7. The lowest BCUT2D eigenvalue weighted by Gasteiger charge is -2.21. The molecule has 19 heteroatoms. The number of hydrogen-bond acceptors (Lipinski definition) is 15. The predicted octanol–water partition coefficient (Wildman–Crippen LogP) is 18.2. The van der Waals surface area contributed by atoms with Gasteiger partial charge < -0.3 is 33.8 Å². The molecule has 0 aromatic rings. The molecule has 0 rings (SSSR count). The molecule has 0 aromatic heterocycles. The second-order valence-corrected chi connectivity index (χ2v) is 27.9. The molecule has 506 valence electrons. The minimum absolute atomic E-state index is 0.0969. The number of phosphoric acid groups is 2. The zero-order chi connectivity index (χ0) is 63.8. The van der Waals surface area contributed by atoms with E-state index in [2.05, 4.69) is 72.8 Å². The SMILES string of the molecule is CCCCCC/C=C\C=C/CCCCCCCC(=O)OC[C@H](COP(=O)(O)OCC(O)COP(=O)(O)OC[C@@H](COC(=O)CCCCCCCCCCC(C)C)OC(=O)CCCCCCCCC(C)C)OC(=O)CCCCCCCCCCC(C)C. The minimum Gasteiger partial charge on any atom is -0.462 e. The van der Waals surface area contributed by atoms with Crippen LogP contribution in [-0.2, 0) is 65.4 Å². The second-order valence-electron chi connectivity index (χ2n) is 25.0. The van der Waals surface area contributed by atoms with Crippen LogP contribution in [0.4, 0.5) is 0 Å². The van der Waals surface area contributed by atoms with Crippen LogP contribution in [-0.4, -0.2) is 96.7 Å². The van der Waals surface area contributed by atoms with Crippen molar-refractivity contribution in [2.75, 3.05) is 39.6 Å². The Morgan fingerprint density at radius 1 is 0.360 bits per heavy atom. The number of esters is 4. The molecular weight excluding hydrogens is 1140 g/mol. The van der Waals surface area contributed by atoms with Gasteiger partial charge >= 0.3 is 39.5 Å². The van der Waals surface area contributed by atoms with E-state index >= 15 is 0 Å². The molecule has 0 saturated carbocycles. The molecular formula is C67H126O17P2. The van der Waals surface area contributed by atoms with Gasteiger partial charge in [-0.3, -0.25) is 37.3 Å². The van der Waals surface area contributed by atoms with E-state index in [4.69, 9.17) is 37.0 Å². The van der Waals surface area contributed by atoms with Crippen LogP contribution in [0, 0.1) is 17.8 Å². The minimum atomic E-state index is -4.96. The summed E-state index contributed by atoms with van der Waals surface area (Å²) in [6, 6.07) is 0. The number of rotatable bonds is 63. The van der Waals surface area contributed by atoms with E-state index in [-0.39, 0.29) is 25.7 Å².